The van der Waals surface area contributed by atoms with Crippen molar-refractivity contribution in [2.45, 2.75) is 20.0 Å². The van der Waals surface area contributed by atoms with Gasteiger partial charge < -0.3 is 19.2 Å². The highest BCUT2D eigenvalue weighted by Gasteiger charge is 2.14. The summed E-state index contributed by atoms with van der Waals surface area (Å²) in [6.45, 7) is 2.78. The lowest BCUT2D eigenvalue weighted by Crippen LogP contribution is -2.38. The summed E-state index contributed by atoms with van der Waals surface area (Å²) in [5, 5.41) is 0. The van der Waals surface area contributed by atoms with Crippen LogP contribution in [0.3, 0.4) is 0 Å². The molecule has 0 aliphatic carbocycles. The van der Waals surface area contributed by atoms with E-state index in [2.05, 4.69) is 4.98 Å². The van der Waals surface area contributed by atoms with Gasteiger partial charge in [-0.2, -0.15) is 0 Å². The third-order valence-corrected chi connectivity index (χ3v) is 3.27. The second-order valence-electron chi connectivity index (χ2n) is 5.20. The minimum absolute atomic E-state index is 0.0632. The molecule has 0 atom stereocenters. The number of H-pyrrole nitrogens is 1. The highest BCUT2D eigenvalue weighted by molar-refractivity contribution is 5.77. The highest BCUT2D eigenvalue weighted by atomic mass is 16.5. The van der Waals surface area contributed by atoms with Crippen LogP contribution in [-0.2, 0) is 22.6 Å². The Labute approximate surface area is 126 Å². The first-order valence-corrected chi connectivity index (χ1v) is 7.06. The van der Waals surface area contributed by atoms with Crippen LogP contribution < -0.4 is 11.2 Å². The maximum atomic E-state index is 12.5. The average Bonchev–Trinajstić information content (AvgIpc) is 2.81. The lowest BCUT2D eigenvalue weighted by atomic mass is 10.4. The highest BCUT2D eigenvalue weighted by Crippen LogP contribution is 2.07. The van der Waals surface area contributed by atoms with Gasteiger partial charge in [-0.3, -0.25) is 14.2 Å². The summed E-state index contributed by atoms with van der Waals surface area (Å²) in [5.41, 5.74) is -0.144. The number of hydrogen-bond acceptors (Lipinski definition) is 5. The summed E-state index contributed by atoms with van der Waals surface area (Å²) in [4.78, 5) is 40.7. The van der Waals surface area contributed by atoms with Gasteiger partial charge in [0.05, 0.1) is 12.1 Å². The van der Waals surface area contributed by atoms with E-state index in [-0.39, 0.29) is 19.7 Å². The van der Waals surface area contributed by atoms with Gasteiger partial charge in [-0.1, -0.05) is 0 Å². The van der Waals surface area contributed by atoms with Crippen molar-refractivity contribution in [2.75, 3.05) is 27.2 Å². The molecule has 8 heteroatoms. The lowest BCUT2D eigenvalue weighted by molar-refractivity contribution is -0.143. The summed E-state index contributed by atoms with van der Waals surface area (Å²) >= 11 is 0. The van der Waals surface area contributed by atoms with Crippen molar-refractivity contribution >= 4 is 17.0 Å². The second-order valence-corrected chi connectivity index (χ2v) is 5.20. The molecule has 0 saturated carbocycles. The van der Waals surface area contributed by atoms with Gasteiger partial charge in [0.25, 0.3) is 5.56 Å². The van der Waals surface area contributed by atoms with E-state index in [9.17, 15) is 14.4 Å². The molecule has 2 heterocycles. The SMILES string of the molecule is CCOC(=O)Cn1ccc2[nH]c(=O)n(CCN(C)C)c(=O)c21. The Bertz CT molecular complexity index is 784. The maximum absolute atomic E-state index is 12.5. The van der Waals surface area contributed by atoms with Gasteiger partial charge in [0.1, 0.15) is 12.1 Å². The molecule has 1 N–H and O–H groups in total. The molecule has 22 heavy (non-hydrogen) atoms. The zero-order chi connectivity index (χ0) is 16.3. The number of carbonyl (C=O) groups excluding carboxylic acids is 1. The number of fused-ring (bicyclic) bond motifs is 1. The molecule has 0 unspecified atom stereocenters. The lowest BCUT2D eigenvalue weighted by Gasteiger charge is -2.11. The number of rotatable bonds is 6. The molecule has 0 radical (unpaired) electrons. The molecule has 0 aliphatic rings. The van der Waals surface area contributed by atoms with Crippen molar-refractivity contribution in [1.29, 1.82) is 0 Å². The van der Waals surface area contributed by atoms with Crippen LogP contribution in [0.25, 0.3) is 11.0 Å². The van der Waals surface area contributed by atoms with Gasteiger partial charge in [0.2, 0.25) is 0 Å². The fourth-order valence-corrected chi connectivity index (χ4v) is 2.19. The monoisotopic (exact) mass is 308 g/mol. The van der Waals surface area contributed by atoms with E-state index in [4.69, 9.17) is 4.74 Å². The van der Waals surface area contributed by atoms with Crippen LogP contribution in [0, 0.1) is 0 Å². The molecular formula is C14H20N4O4. The Morgan fingerprint density at radius 3 is 2.73 bits per heavy atom. The molecule has 2 rings (SSSR count). The average molecular weight is 308 g/mol. The van der Waals surface area contributed by atoms with Gasteiger partial charge in [-0.15, -0.1) is 0 Å². The summed E-state index contributed by atoms with van der Waals surface area (Å²) in [6, 6.07) is 1.60. The number of nitrogens with zero attached hydrogens (tertiary/aromatic N) is 3. The molecule has 120 valence electrons. The fourth-order valence-electron chi connectivity index (χ4n) is 2.19. The van der Waals surface area contributed by atoms with Crippen molar-refractivity contribution < 1.29 is 9.53 Å². The minimum Gasteiger partial charge on any atom is -0.465 e. The topological polar surface area (TPSA) is 89.3 Å². The van der Waals surface area contributed by atoms with E-state index in [1.165, 1.54) is 4.57 Å². The summed E-state index contributed by atoms with van der Waals surface area (Å²) in [7, 11) is 3.72. The molecule has 0 amide bonds. The largest absolute Gasteiger partial charge is 0.465 e. The van der Waals surface area contributed by atoms with Gasteiger partial charge in [0, 0.05) is 19.3 Å². The van der Waals surface area contributed by atoms with Crippen LogP contribution >= 0.6 is 0 Å². The summed E-state index contributed by atoms with van der Waals surface area (Å²) in [5.74, 6) is -0.426. The van der Waals surface area contributed by atoms with Gasteiger partial charge in [0.15, 0.2) is 0 Å². The maximum Gasteiger partial charge on any atom is 0.328 e. The molecule has 2 aromatic heterocycles. The normalized spacial score (nSPS) is 11.3. The number of carbonyl (C=O) groups is 1. The van der Waals surface area contributed by atoms with Crippen molar-refractivity contribution in [3.05, 3.63) is 33.1 Å². The van der Waals surface area contributed by atoms with E-state index in [1.807, 2.05) is 19.0 Å². The molecule has 0 fully saturated rings. The van der Waals surface area contributed by atoms with E-state index in [1.54, 1.807) is 19.2 Å². The van der Waals surface area contributed by atoms with Gasteiger partial charge in [-0.25, -0.2) is 4.79 Å². The van der Waals surface area contributed by atoms with Crippen LogP contribution in [0.2, 0.25) is 0 Å². The van der Waals surface area contributed by atoms with Crippen LogP contribution in [0.4, 0.5) is 0 Å². The third kappa shape index (κ3) is 3.28. The molecule has 2 aromatic rings. The van der Waals surface area contributed by atoms with Crippen molar-refractivity contribution in [3.8, 4) is 0 Å². The van der Waals surface area contributed by atoms with Crippen molar-refractivity contribution in [2.24, 2.45) is 0 Å². The standard InChI is InChI=1S/C14H20N4O4/c1-4-22-11(19)9-17-6-5-10-12(17)13(20)18(14(21)15-10)8-7-16(2)3/h5-6H,4,7-9H2,1-3H3,(H,15,21). The Morgan fingerprint density at radius 2 is 2.09 bits per heavy atom. The molecular weight excluding hydrogens is 288 g/mol. The zero-order valence-corrected chi connectivity index (χ0v) is 13.0. The summed E-state index contributed by atoms with van der Waals surface area (Å²) < 4.78 is 7.53. The summed E-state index contributed by atoms with van der Waals surface area (Å²) in [6.07, 6.45) is 1.59. The quantitative estimate of drug-likeness (QED) is 0.735. The number of aromatic nitrogens is 3. The predicted molar refractivity (Wildman–Crippen MR) is 82.0 cm³/mol. The number of ether oxygens (including phenoxy) is 1. The van der Waals surface area contributed by atoms with Crippen molar-refractivity contribution in [3.63, 3.8) is 0 Å². The zero-order valence-electron chi connectivity index (χ0n) is 13.0. The number of likely N-dealkylation sites (N-methyl/N-ethyl adjacent to an activating group) is 1. The van der Waals surface area contributed by atoms with Crippen LogP contribution in [0.5, 0.6) is 0 Å². The molecule has 0 saturated heterocycles. The van der Waals surface area contributed by atoms with Gasteiger partial charge in [-0.05, 0) is 27.1 Å². The molecule has 8 nitrogen and oxygen atoms in total. The second kappa shape index (κ2) is 6.61. The van der Waals surface area contributed by atoms with Crippen LogP contribution in [0.15, 0.2) is 21.9 Å². The van der Waals surface area contributed by atoms with Gasteiger partial charge >= 0.3 is 11.7 Å². The van der Waals surface area contributed by atoms with E-state index >= 15 is 0 Å². The van der Waals surface area contributed by atoms with Crippen LogP contribution in [-0.4, -0.2) is 52.2 Å². The molecule has 0 spiro atoms. The molecule has 0 aromatic carbocycles. The van der Waals surface area contributed by atoms with E-state index in [0.717, 1.165) is 4.57 Å². The number of hydrogen-bond donors (Lipinski definition) is 1. The Morgan fingerprint density at radius 1 is 1.36 bits per heavy atom. The van der Waals surface area contributed by atoms with Crippen molar-refractivity contribution in [1.82, 2.24) is 19.0 Å². The Balaban J connectivity index is 2.45. The first-order chi connectivity index (χ1) is 10.4. The molecule has 0 bridgehead atoms. The molecule has 0 aliphatic heterocycles. The third-order valence-electron chi connectivity index (χ3n) is 3.27. The van der Waals surface area contributed by atoms with E-state index < -0.39 is 17.2 Å². The van der Waals surface area contributed by atoms with E-state index in [0.29, 0.717) is 17.6 Å². The first-order valence-electron chi connectivity index (χ1n) is 7.06. The Hall–Kier alpha value is -2.35. The minimum atomic E-state index is -0.451. The fraction of sp³-hybridized carbons (Fsp3) is 0.500. The number of esters is 1. The number of aromatic amines is 1. The first kappa shape index (κ1) is 16.0. The smallest absolute Gasteiger partial charge is 0.328 e. The van der Waals surface area contributed by atoms with Crippen LogP contribution in [0.1, 0.15) is 6.92 Å². The number of nitrogens with one attached hydrogen (secondary N) is 1. The predicted octanol–water partition coefficient (Wildman–Crippen LogP) is -0.384. The Kier molecular flexibility index (Phi) is 4.81.